The molecule has 1 amide bonds. The molecule has 1 aromatic heterocycles. The van der Waals surface area contributed by atoms with Gasteiger partial charge in [-0.25, -0.2) is 0 Å². The lowest BCUT2D eigenvalue weighted by Gasteiger charge is -2.22. The molecule has 0 aliphatic rings. The van der Waals surface area contributed by atoms with Gasteiger partial charge in [-0.2, -0.15) is 0 Å². The zero-order chi connectivity index (χ0) is 15.4. The third-order valence-electron chi connectivity index (χ3n) is 3.33. The molecule has 2 aromatic rings. The van der Waals surface area contributed by atoms with Crippen molar-refractivity contribution < 1.29 is 19.1 Å². The van der Waals surface area contributed by atoms with Crippen LogP contribution in [0.15, 0.2) is 41.0 Å². The van der Waals surface area contributed by atoms with Gasteiger partial charge in [0.15, 0.2) is 5.76 Å². The van der Waals surface area contributed by atoms with E-state index in [0.717, 1.165) is 11.1 Å². The minimum Gasteiger partial charge on any atom is -0.481 e. The van der Waals surface area contributed by atoms with Crippen LogP contribution in [0.2, 0.25) is 0 Å². The molecule has 0 saturated carbocycles. The summed E-state index contributed by atoms with van der Waals surface area (Å²) < 4.78 is 5.12. The highest BCUT2D eigenvalue weighted by Gasteiger charge is 2.21. The quantitative estimate of drug-likeness (QED) is 0.917. The molecule has 0 atom stereocenters. The molecule has 5 heteroatoms. The largest absolute Gasteiger partial charge is 0.481 e. The molecule has 0 saturated heterocycles. The maximum atomic E-state index is 12.5. The lowest BCUT2D eigenvalue weighted by molar-refractivity contribution is -0.136. The molecule has 1 aromatic carbocycles. The molecule has 2 rings (SSSR count). The second kappa shape index (κ2) is 6.26. The number of carboxylic acids is 1. The van der Waals surface area contributed by atoms with E-state index < -0.39 is 5.97 Å². The number of anilines is 1. The van der Waals surface area contributed by atoms with Crippen LogP contribution in [0.4, 0.5) is 5.69 Å². The predicted molar refractivity (Wildman–Crippen MR) is 78.6 cm³/mol. The summed E-state index contributed by atoms with van der Waals surface area (Å²) in [6.07, 6.45) is 1.29. The maximum absolute atomic E-state index is 12.5. The number of aryl methyl sites for hydroxylation is 2. The summed E-state index contributed by atoms with van der Waals surface area (Å²) in [5, 5.41) is 8.86. The Kier molecular flexibility index (Phi) is 4.42. The lowest BCUT2D eigenvalue weighted by Crippen LogP contribution is -2.32. The Morgan fingerprint density at radius 1 is 1.19 bits per heavy atom. The summed E-state index contributed by atoms with van der Waals surface area (Å²) in [5.41, 5.74) is 2.82. The monoisotopic (exact) mass is 287 g/mol. The number of carboxylic acid groups (broad SMARTS) is 1. The first kappa shape index (κ1) is 14.8. The van der Waals surface area contributed by atoms with Gasteiger partial charge in [-0.3, -0.25) is 9.59 Å². The van der Waals surface area contributed by atoms with Gasteiger partial charge in [0.2, 0.25) is 0 Å². The molecular formula is C16H17NO4. The van der Waals surface area contributed by atoms with E-state index in [9.17, 15) is 9.59 Å². The fourth-order valence-corrected chi connectivity index (χ4v) is 1.98. The highest BCUT2D eigenvalue weighted by molar-refractivity contribution is 6.04. The standard InChI is InChI=1S/C16H17NO4/c1-11-5-6-13(10-12(11)2)17(8-7-15(18)19)16(20)14-4-3-9-21-14/h3-6,9-10H,7-8H2,1-2H3,(H,18,19). The average molecular weight is 287 g/mol. The van der Waals surface area contributed by atoms with Gasteiger partial charge in [0.25, 0.3) is 5.91 Å². The molecule has 0 aliphatic carbocycles. The highest BCUT2D eigenvalue weighted by Crippen LogP contribution is 2.21. The van der Waals surface area contributed by atoms with Gasteiger partial charge in [0.05, 0.1) is 12.7 Å². The topological polar surface area (TPSA) is 70.8 Å². The van der Waals surface area contributed by atoms with Crippen LogP contribution in [0.1, 0.15) is 28.1 Å². The van der Waals surface area contributed by atoms with Gasteiger partial charge in [-0.1, -0.05) is 6.07 Å². The van der Waals surface area contributed by atoms with Crippen molar-refractivity contribution in [1.29, 1.82) is 0 Å². The van der Waals surface area contributed by atoms with E-state index in [4.69, 9.17) is 9.52 Å². The number of rotatable bonds is 5. The highest BCUT2D eigenvalue weighted by atomic mass is 16.4. The fraction of sp³-hybridized carbons (Fsp3) is 0.250. The Balaban J connectivity index is 2.32. The Morgan fingerprint density at radius 3 is 2.52 bits per heavy atom. The van der Waals surface area contributed by atoms with Crippen molar-refractivity contribution in [3.05, 3.63) is 53.5 Å². The van der Waals surface area contributed by atoms with Crippen molar-refractivity contribution in [2.24, 2.45) is 0 Å². The Hall–Kier alpha value is -2.56. The van der Waals surface area contributed by atoms with E-state index in [-0.39, 0.29) is 24.6 Å². The zero-order valence-electron chi connectivity index (χ0n) is 12.0. The van der Waals surface area contributed by atoms with Crippen LogP contribution in [0.25, 0.3) is 0 Å². The van der Waals surface area contributed by atoms with Crippen molar-refractivity contribution in [2.75, 3.05) is 11.4 Å². The van der Waals surface area contributed by atoms with Gasteiger partial charge in [0.1, 0.15) is 0 Å². The minimum atomic E-state index is -0.948. The van der Waals surface area contributed by atoms with E-state index in [0.29, 0.717) is 5.69 Å². The molecule has 110 valence electrons. The van der Waals surface area contributed by atoms with E-state index in [1.54, 1.807) is 12.1 Å². The maximum Gasteiger partial charge on any atom is 0.305 e. The third kappa shape index (κ3) is 3.51. The van der Waals surface area contributed by atoms with Crippen LogP contribution in [0, 0.1) is 13.8 Å². The SMILES string of the molecule is Cc1ccc(N(CCC(=O)O)C(=O)c2ccco2)cc1C. The molecule has 0 fully saturated rings. The smallest absolute Gasteiger partial charge is 0.305 e. The second-order valence-electron chi connectivity index (χ2n) is 4.85. The van der Waals surface area contributed by atoms with Crippen molar-refractivity contribution in [1.82, 2.24) is 0 Å². The molecule has 1 heterocycles. The van der Waals surface area contributed by atoms with Gasteiger partial charge >= 0.3 is 5.97 Å². The van der Waals surface area contributed by atoms with Crippen LogP contribution in [-0.4, -0.2) is 23.5 Å². The number of benzene rings is 1. The number of aliphatic carboxylic acids is 1. The second-order valence-corrected chi connectivity index (χ2v) is 4.85. The molecule has 0 radical (unpaired) electrons. The lowest BCUT2D eigenvalue weighted by atomic mass is 10.1. The summed E-state index contributed by atoms with van der Waals surface area (Å²) in [7, 11) is 0. The molecular weight excluding hydrogens is 270 g/mol. The number of nitrogens with zero attached hydrogens (tertiary/aromatic N) is 1. The zero-order valence-corrected chi connectivity index (χ0v) is 12.0. The minimum absolute atomic E-state index is 0.0946. The molecule has 0 aliphatic heterocycles. The van der Waals surface area contributed by atoms with Gasteiger partial charge in [0, 0.05) is 12.2 Å². The van der Waals surface area contributed by atoms with Gasteiger partial charge < -0.3 is 14.4 Å². The molecule has 21 heavy (non-hydrogen) atoms. The van der Waals surface area contributed by atoms with Crippen molar-refractivity contribution >= 4 is 17.6 Å². The first-order valence-electron chi connectivity index (χ1n) is 6.63. The Morgan fingerprint density at radius 2 is 1.95 bits per heavy atom. The van der Waals surface area contributed by atoms with E-state index in [1.165, 1.54) is 11.2 Å². The van der Waals surface area contributed by atoms with Gasteiger partial charge in [-0.15, -0.1) is 0 Å². The van der Waals surface area contributed by atoms with Crippen LogP contribution in [0.5, 0.6) is 0 Å². The van der Waals surface area contributed by atoms with Crippen molar-refractivity contribution in [3.8, 4) is 0 Å². The molecule has 0 unspecified atom stereocenters. The first-order chi connectivity index (χ1) is 9.99. The summed E-state index contributed by atoms with van der Waals surface area (Å²) in [4.78, 5) is 24.7. The number of hydrogen-bond donors (Lipinski definition) is 1. The number of hydrogen-bond acceptors (Lipinski definition) is 3. The normalized spacial score (nSPS) is 10.4. The molecule has 5 nitrogen and oxygen atoms in total. The van der Waals surface area contributed by atoms with Gasteiger partial charge in [-0.05, 0) is 49.2 Å². The third-order valence-corrected chi connectivity index (χ3v) is 3.33. The Bertz CT molecular complexity index is 646. The summed E-state index contributed by atoms with van der Waals surface area (Å²) >= 11 is 0. The number of carbonyl (C=O) groups is 2. The summed E-state index contributed by atoms with van der Waals surface area (Å²) in [6, 6.07) is 8.79. The van der Waals surface area contributed by atoms with Crippen LogP contribution in [-0.2, 0) is 4.79 Å². The first-order valence-corrected chi connectivity index (χ1v) is 6.63. The summed E-state index contributed by atoms with van der Waals surface area (Å²) in [5.74, 6) is -1.10. The number of carbonyl (C=O) groups excluding carboxylic acids is 1. The van der Waals surface area contributed by atoms with Crippen LogP contribution < -0.4 is 4.90 Å². The van der Waals surface area contributed by atoms with E-state index >= 15 is 0 Å². The molecule has 0 spiro atoms. The Labute approximate surface area is 122 Å². The van der Waals surface area contributed by atoms with Crippen LogP contribution >= 0.6 is 0 Å². The number of amides is 1. The van der Waals surface area contributed by atoms with Crippen molar-refractivity contribution in [3.63, 3.8) is 0 Å². The summed E-state index contributed by atoms with van der Waals surface area (Å²) in [6.45, 7) is 4.03. The average Bonchev–Trinajstić information content (AvgIpc) is 2.96. The van der Waals surface area contributed by atoms with Crippen LogP contribution in [0.3, 0.4) is 0 Å². The molecule has 0 bridgehead atoms. The van der Waals surface area contributed by atoms with E-state index in [1.807, 2.05) is 32.0 Å². The fourth-order valence-electron chi connectivity index (χ4n) is 1.98. The number of furan rings is 1. The van der Waals surface area contributed by atoms with E-state index in [2.05, 4.69) is 0 Å². The predicted octanol–water partition coefficient (Wildman–Crippen LogP) is 3.02. The van der Waals surface area contributed by atoms with Crippen molar-refractivity contribution in [2.45, 2.75) is 20.3 Å². The molecule has 1 N–H and O–H groups in total.